The van der Waals surface area contributed by atoms with Gasteiger partial charge in [0.2, 0.25) is 0 Å². The molecule has 2 rings (SSSR count). The van der Waals surface area contributed by atoms with Crippen LogP contribution in [0.1, 0.15) is 5.56 Å². The fraction of sp³-hybridized carbons (Fsp3) is 0.200. The number of hydrogen-bond donors (Lipinski definition) is 1. The largest absolute Gasteiger partial charge is 0.301 e. The van der Waals surface area contributed by atoms with Crippen LogP contribution in [0.5, 0.6) is 0 Å². The Morgan fingerprint density at radius 3 is 2.36 bits per heavy atom. The van der Waals surface area contributed by atoms with Gasteiger partial charge in [0, 0.05) is 19.0 Å². The smallest absolute Gasteiger partial charge is 0.271 e. The predicted molar refractivity (Wildman–Crippen MR) is 89.2 cm³/mol. The molecule has 2 aromatic carbocycles. The lowest BCUT2D eigenvalue weighted by molar-refractivity contribution is 0.527. The molecule has 0 spiro atoms. The summed E-state index contributed by atoms with van der Waals surface area (Å²) in [6.07, 6.45) is 0. The lowest BCUT2D eigenvalue weighted by Crippen LogP contribution is -2.28. The quantitative estimate of drug-likeness (QED) is 0.878. The Bertz CT molecular complexity index is 759. The number of hydrogen-bond acceptors (Lipinski definition) is 3. The third kappa shape index (κ3) is 4.40. The van der Waals surface area contributed by atoms with E-state index in [1.807, 2.05) is 36.4 Å². The van der Waals surface area contributed by atoms with E-state index in [2.05, 4.69) is 4.72 Å². The molecule has 0 saturated carbocycles. The molecule has 2 aromatic rings. The van der Waals surface area contributed by atoms with E-state index >= 15 is 0 Å². The number of nitrogens with one attached hydrogen (secondary N) is 1. The normalized spacial score (nSPS) is 13.0. The maximum absolute atomic E-state index is 12.3. The summed E-state index contributed by atoms with van der Waals surface area (Å²) in [7, 11) is -1.79. The Labute approximate surface area is 133 Å². The van der Waals surface area contributed by atoms with Gasteiger partial charge >= 0.3 is 10.2 Å². The van der Waals surface area contributed by atoms with E-state index in [1.165, 1.54) is 14.1 Å². The number of anilines is 1. The molecule has 118 valence electrons. The van der Waals surface area contributed by atoms with Crippen LogP contribution >= 0.6 is 0 Å². The summed E-state index contributed by atoms with van der Waals surface area (Å²) in [5.74, 6) is 0.335. The van der Waals surface area contributed by atoms with E-state index in [9.17, 15) is 12.6 Å². The van der Waals surface area contributed by atoms with Crippen LogP contribution in [0.2, 0.25) is 0 Å². The summed E-state index contributed by atoms with van der Waals surface area (Å²) in [5, 5.41) is 0. The Morgan fingerprint density at radius 2 is 1.73 bits per heavy atom. The van der Waals surface area contributed by atoms with Crippen LogP contribution in [0.25, 0.3) is 0 Å². The summed E-state index contributed by atoms with van der Waals surface area (Å²) >= 11 is 0. The minimum absolute atomic E-state index is 0.335. The van der Waals surface area contributed by atoms with Gasteiger partial charge in [0.1, 0.15) is 0 Å². The number of benzene rings is 2. The van der Waals surface area contributed by atoms with Gasteiger partial charge in [-0.2, -0.15) is 12.7 Å². The summed E-state index contributed by atoms with van der Waals surface area (Å²) < 4.78 is 39.5. The highest BCUT2D eigenvalue weighted by Gasteiger charge is 2.13. The summed E-state index contributed by atoms with van der Waals surface area (Å²) in [6.45, 7) is 0. The third-order valence-electron chi connectivity index (χ3n) is 2.96. The highest BCUT2D eigenvalue weighted by atomic mass is 32.2. The van der Waals surface area contributed by atoms with Crippen LogP contribution in [0.4, 0.5) is 5.69 Å². The Balaban J connectivity index is 2.14. The Morgan fingerprint density at radius 1 is 1.05 bits per heavy atom. The van der Waals surface area contributed by atoms with Crippen molar-refractivity contribution >= 4 is 26.7 Å². The molecule has 0 amide bonds. The van der Waals surface area contributed by atoms with E-state index in [0.717, 1.165) is 14.8 Å². The molecule has 0 heterocycles. The van der Waals surface area contributed by atoms with Crippen LogP contribution in [0.3, 0.4) is 0 Å². The minimum Gasteiger partial charge on any atom is -0.271 e. The molecule has 0 saturated heterocycles. The van der Waals surface area contributed by atoms with E-state index in [-0.39, 0.29) is 0 Å². The molecule has 1 atom stereocenters. The highest BCUT2D eigenvalue weighted by molar-refractivity contribution is 7.90. The molecule has 0 aliphatic carbocycles. The first-order valence-electron chi connectivity index (χ1n) is 6.61. The number of nitrogens with zero attached hydrogens (tertiary/aromatic N) is 1. The van der Waals surface area contributed by atoms with Crippen LogP contribution in [-0.2, 0) is 26.8 Å². The van der Waals surface area contributed by atoms with Gasteiger partial charge in [0.15, 0.2) is 0 Å². The van der Waals surface area contributed by atoms with Gasteiger partial charge in [-0.25, -0.2) is 0 Å². The molecule has 0 radical (unpaired) electrons. The molecule has 0 fully saturated rings. The van der Waals surface area contributed by atoms with Crippen molar-refractivity contribution in [2.75, 3.05) is 18.8 Å². The van der Waals surface area contributed by atoms with Crippen molar-refractivity contribution in [2.24, 2.45) is 0 Å². The molecule has 1 N–H and O–H groups in total. The van der Waals surface area contributed by atoms with Gasteiger partial charge < -0.3 is 0 Å². The molecule has 22 heavy (non-hydrogen) atoms. The molecular weight excluding hydrogens is 320 g/mol. The first-order valence-corrected chi connectivity index (χ1v) is 9.37. The SMILES string of the molecule is CN(C)S(=O)(=O)Nc1cccc(C[S@](=O)c2ccccc2)c1. The van der Waals surface area contributed by atoms with Gasteiger partial charge in [-0.3, -0.25) is 8.93 Å². The molecule has 0 unspecified atom stereocenters. The van der Waals surface area contributed by atoms with Gasteiger partial charge in [0.25, 0.3) is 0 Å². The maximum atomic E-state index is 12.3. The molecule has 0 aliphatic rings. The second-order valence-electron chi connectivity index (χ2n) is 4.89. The van der Waals surface area contributed by atoms with E-state index in [0.29, 0.717) is 11.4 Å². The van der Waals surface area contributed by atoms with Crippen molar-refractivity contribution in [1.29, 1.82) is 0 Å². The van der Waals surface area contributed by atoms with E-state index in [4.69, 9.17) is 0 Å². The molecule has 0 aromatic heterocycles. The van der Waals surface area contributed by atoms with E-state index < -0.39 is 21.0 Å². The summed E-state index contributed by atoms with van der Waals surface area (Å²) in [6, 6.07) is 16.1. The fourth-order valence-electron chi connectivity index (χ4n) is 1.77. The number of rotatable bonds is 6. The third-order valence-corrected chi connectivity index (χ3v) is 5.81. The first-order chi connectivity index (χ1) is 10.4. The Hall–Kier alpha value is -1.70. The zero-order chi connectivity index (χ0) is 16.2. The van der Waals surface area contributed by atoms with Crippen LogP contribution in [-0.4, -0.2) is 31.0 Å². The topological polar surface area (TPSA) is 66.5 Å². The monoisotopic (exact) mass is 338 g/mol. The molecule has 0 bridgehead atoms. The lowest BCUT2D eigenvalue weighted by Gasteiger charge is -2.14. The maximum Gasteiger partial charge on any atom is 0.301 e. The van der Waals surface area contributed by atoms with Crippen LogP contribution in [0, 0.1) is 0 Å². The molecule has 7 heteroatoms. The van der Waals surface area contributed by atoms with Crippen molar-refractivity contribution in [2.45, 2.75) is 10.6 Å². The molecular formula is C15H18N2O3S2. The second-order valence-corrected chi connectivity index (χ2v) is 8.23. The summed E-state index contributed by atoms with van der Waals surface area (Å²) in [5.41, 5.74) is 1.26. The van der Waals surface area contributed by atoms with Crippen molar-refractivity contribution in [1.82, 2.24) is 4.31 Å². The average Bonchev–Trinajstić information content (AvgIpc) is 2.48. The van der Waals surface area contributed by atoms with Gasteiger partial charge in [0.05, 0.1) is 22.2 Å². The van der Waals surface area contributed by atoms with Crippen LogP contribution < -0.4 is 4.72 Å². The van der Waals surface area contributed by atoms with Gasteiger partial charge in [-0.15, -0.1) is 0 Å². The summed E-state index contributed by atoms with van der Waals surface area (Å²) in [4.78, 5) is 0.752. The average molecular weight is 338 g/mol. The van der Waals surface area contributed by atoms with Crippen molar-refractivity contribution in [3.8, 4) is 0 Å². The van der Waals surface area contributed by atoms with Crippen molar-refractivity contribution in [3.63, 3.8) is 0 Å². The van der Waals surface area contributed by atoms with Crippen LogP contribution in [0.15, 0.2) is 59.5 Å². The van der Waals surface area contributed by atoms with Gasteiger partial charge in [-0.1, -0.05) is 30.3 Å². The zero-order valence-corrected chi connectivity index (χ0v) is 14.0. The zero-order valence-electron chi connectivity index (χ0n) is 12.4. The van der Waals surface area contributed by atoms with Crippen molar-refractivity contribution < 1.29 is 12.6 Å². The lowest BCUT2D eigenvalue weighted by atomic mass is 10.2. The Kier molecular flexibility index (Phi) is 5.33. The van der Waals surface area contributed by atoms with E-state index in [1.54, 1.807) is 18.2 Å². The molecule has 0 aliphatic heterocycles. The van der Waals surface area contributed by atoms with Crippen molar-refractivity contribution in [3.05, 3.63) is 60.2 Å². The second kappa shape index (κ2) is 7.04. The standard InChI is InChI=1S/C15H18N2O3S2/c1-17(2)22(19,20)16-14-8-6-7-13(11-14)12-21(18)15-9-4-3-5-10-15/h3-11,16H,12H2,1-2H3/t21-/m0/s1. The van der Waals surface area contributed by atoms with Gasteiger partial charge in [-0.05, 0) is 29.8 Å². The fourth-order valence-corrected chi connectivity index (χ4v) is 3.49. The molecule has 5 nitrogen and oxygen atoms in total. The minimum atomic E-state index is -3.54. The predicted octanol–water partition coefficient (Wildman–Crippen LogP) is 2.21. The highest BCUT2D eigenvalue weighted by Crippen LogP contribution is 2.17. The first kappa shape index (κ1) is 16.7.